The molecule has 0 radical (unpaired) electrons. The minimum atomic E-state index is -0.291. The third kappa shape index (κ3) is 1.69. The van der Waals surface area contributed by atoms with Crippen LogP contribution in [0.4, 0.5) is 11.4 Å². The van der Waals surface area contributed by atoms with Crippen molar-refractivity contribution in [2.75, 3.05) is 10.6 Å². The second-order valence-electron chi connectivity index (χ2n) is 5.56. The van der Waals surface area contributed by atoms with E-state index in [2.05, 4.69) is 0 Å². The van der Waals surface area contributed by atoms with Crippen LogP contribution >= 0.6 is 0 Å². The highest BCUT2D eigenvalue weighted by Crippen LogP contribution is 2.32. The summed E-state index contributed by atoms with van der Waals surface area (Å²) >= 11 is 0. The summed E-state index contributed by atoms with van der Waals surface area (Å²) in [5.41, 5.74) is 10.2. The monoisotopic (exact) mass is 278 g/mol. The van der Waals surface area contributed by atoms with Gasteiger partial charge in [0.15, 0.2) is 0 Å². The molecule has 1 heterocycles. The summed E-state index contributed by atoms with van der Waals surface area (Å²) in [6, 6.07) is 10.7. The molecule has 4 rings (SSSR count). The van der Waals surface area contributed by atoms with Gasteiger partial charge in [-0.05, 0) is 60.7 Å². The summed E-state index contributed by atoms with van der Waals surface area (Å²) < 4.78 is 0. The lowest BCUT2D eigenvalue weighted by Crippen LogP contribution is -2.29. The molecule has 0 saturated heterocycles. The molecule has 4 nitrogen and oxygen atoms in total. The van der Waals surface area contributed by atoms with Crippen LogP contribution in [0.2, 0.25) is 0 Å². The second kappa shape index (κ2) is 4.19. The first-order valence-corrected chi connectivity index (χ1v) is 7.05. The number of carbonyl (C=O) groups is 2. The molecule has 1 aliphatic carbocycles. The lowest BCUT2D eigenvalue weighted by atomic mass is 10.1. The van der Waals surface area contributed by atoms with Crippen LogP contribution in [0.15, 0.2) is 36.4 Å². The predicted molar refractivity (Wildman–Crippen MR) is 80.5 cm³/mol. The van der Waals surface area contributed by atoms with Crippen molar-refractivity contribution in [2.24, 2.45) is 0 Å². The summed E-state index contributed by atoms with van der Waals surface area (Å²) in [5.74, 6) is -0.562. The normalized spacial score (nSPS) is 16.3. The van der Waals surface area contributed by atoms with E-state index in [1.54, 1.807) is 18.2 Å². The number of amides is 2. The zero-order chi connectivity index (χ0) is 14.6. The number of aryl methyl sites for hydroxylation is 2. The number of anilines is 2. The van der Waals surface area contributed by atoms with E-state index in [9.17, 15) is 9.59 Å². The molecular formula is C17H14N2O2. The molecule has 21 heavy (non-hydrogen) atoms. The molecule has 1 aliphatic heterocycles. The lowest BCUT2D eigenvalue weighted by molar-refractivity contribution is 0.0926. The molecule has 0 unspecified atom stereocenters. The van der Waals surface area contributed by atoms with Gasteiger partial charge in [0.1, 0.15) is 0 Å². The van der Waals surface area contributed by atoms with Gasteiger partial charge in [0.25, 0.3) is 11.8 Å². The molecule has 0 fully saturated rings. The standard InChI is InChI=1S/C17H14N2O2/c18-12-5-7-14-15(9-12)17(21)19(16(14)20)13-6-4-10-2-1-3-11(10)8-13/h4-9H,1-3,18H2. The number of nitrogens with zero attached hydrogens (tertiary/aromatic N) is 1. The fourth-order valence-electron chi connectivity index (χ4n) is 3.19. The van der Waals surface area contributed by atoms with Crippen molar-refractivity contribution < 1.29 is 9.59 Å². The number of nitrogen functional groups attached to an aromatic ring is 1. The Labute approximate surface area is 122 Å². The highest BCUT2D eigenvalue weighted by Gasteiger charge is 2.37. The van der Waals surface area contributed by atoms with Crippen LogP contribution in [0, 0.1) is 0 Å². The van der Waals surface area contributed by atoms with E-state index in [1.165, 1.54) is 16.0 Å². The van der Waals surface area contributed by atoms with Crippen LogP contribution in [0.25, 0.3) is 0 Å². The summed E-state index contributed by atoms with van der Waals surface area (Å²) in [6.07, 6.45) is 3.23. The molecule has 104 valence electrons. The Morgan fingerprint density at radius 3 is 2.48 bits per heavy atom. The average Bonchev–Trinajstić information content (AvgIpc) is 3.02. The first-order chi connectivity index (χ1) is 10.1. The van der Waals surface area contributed by atoms with Crippen LogP contribution in [0.5, 0.6) is 0 Å². The van der Waals surface area contributed by atoms with Crippen molar-refractivity contribution >= 4 is 23.2 Å². The number of rotatable bonds is 1. The predicted octanol–water partition coefficient (Wildman–Crippen LogP) is 2.56. The Morgan fingerprint density at radius 2 is 1.62 bits per heavy atom. The average molecular weight is 278 g/mol. The molecule has 0 aromatic heterocycles. The van der Waals surface area contributed by atoms with Gasteiger partial charge in [0.2, 0.25) is 0 Å². The van der Waals surface area contributed by atoms with Gasteiger partial charge in [-0.15, -0.1) is 0 Å². The van der Waals surface area contributed by atoms with E-state index in [0.717, 1.165) is 19.3 Å². The number of fused-ring (bicyclic) bond motifs is 2. The molecule has 0 saturated carbocycles. The van der Waals surface area contributed by atoms with Crippen molar-refractivity contribution in [3.05, 3.63) is 58.7 Å². The van der Waals surface area contributed by atoms with Gasteiger partial charge in [0, 0.05) is 5.69 Å². The van der Waals surface area contributed by atoms with Crippen molar-refractivity contribution in [3.8, 4) is 0 Å². The summed E-state index contributed by atoms with van der Waals surface area (Å²) in [4.78, 5) is 26.2. The fraction of sp³-hybridized carbons (Fsp3) is 0.176. The molecule has 2 aromatic rings. The zero-order valence-electron chi connectivity index (χ0n) is 11.4. The Bertz CT molecular complexity index is 795. The summed E-state index contributed by atoms with van der Waals surface area (Å²) in [5, 5.41) is 0. The summed E-state index contributed by atoms with van der Waals surface area (Å²) in [6.45, 7) is 0. The Balaban J connectivity index is 1.81. The Morgan fingerprint density at radius 1 is 0.857 bits per heavy atom. The maximum atomic E-state index is 12.5. The first kappa shape index (κ1) is 12.1. The lowest BCUT2D eigenvalue weighted by Gasteiger charge is -2.15. The van der Waals surface area contributed by atoms with Gasteiger partial charge in [-0.3, -0.25) is 9.59 Å². The van der Waals surface area contributed by atoms with Gasteiger partial charge < -0.3 is 5.73 Å². The minimum Gasteiger partial charge on any atom is -0.399 e. The van der Waals surface area contributed by atoms with E-state index in [-0.39, 0.29) is 11.8 Å². The molecule has 2 N–H and O–H groups in total. The number of hydrogen-bond donors (Lipinski definition) is 1. The Hall–Kier alpha value is -2.62. The van der Waals surface area contributed by atoms with Crippen LogP contribution in [0.1, 0.15) is 38.3 Å². The topological polar surface area (TPSA) is 63.4 Å². The van der Waals surface area contributed by atoms with E-state index in [4.69, 9.17) is 5.73 Å². The third-order valence-corrected chi connectivity index (χ3v) is 4.25. The van der Waals surface area contributed by atoms with E-state index in [0.29, 0.717) is 22.5 Å². The van der Waals surface area contributed by atoms with Gasteiger partial charge in [0.05, 0.1) is 16.8 Å². The van der Waals surface area contributed by atoms with E-state index < -0.39 is 0 Å². The quantitative estimate of drug-likeness (QED) is 0.644. The van der Waals surface area contributed by atoms with Crippen LogP contribution in [-0.4, -0.2) is 11.8 Å². The molecule has 2 aromatic carbocycles. The van der Waals surface area contributed by atoms with Crippen LogP contribution in [0.3, 0.4) is 0 Å². The molecule has 0 spiro atoms. The molecule has 0 atom stereocenters. The molecule has 2 aliphatic rings. The molecular weight excluding hydrogens is 264 g/mol. The maximum absolute atomic E-state index is 12.5. The smallest absolute Gasteiger partial charge is 0.266 e. The van der Waals surface area contributed by atoms with Gasteiger partial charge in [-0.25, -0.2) is 4.90 Å². The molecule has 2 amide bonds. The van der Waals surface area contributed by atoms with E-state index >= 15 is 0 Å². The van der Waals surface area contributed by atoms with Crippen molar-refractivity contribution in [1.82, 2.24) is 0 Å². The van der Waals surface area contributed by atoms with Gasteiger partial charge >= 0.3 is 0 Å². The largest absolute Gasteiger partial charge is 0.399 e. The summed E-state index contributed by atoms with van der Waals surface area (Å²) in [7, 11) is 0. The van der Waals surface area contributed by atoms with E-state index in [1.807, 2.05) is 18.2 Å². The minimum absolute atomic E-state index is 0.270. The van der Waals surface area contributed by atoms with Gasteiger partial charge in [-0.2, -0.15) is 0 Å². The SMILES string of the molecule is Nc1ccc2c(c1)C(=O)N(c1ccc3c(c1)CCC3)C2=O. The Kier molecular flexibility index (Phi) is 2.42. The first-order valence-electron chi connectivity index (χ1n) is 7.05. The number of carbonyl (C=O) groups excluding carboxylic acids is 2. The van der Waals surface area contributed by atoms with Crippen molar-refractivity contribution in [1.29, 1.82) is 0 Å². The van der Waals surface area contributed by atoms with Crippen molar-refractivity contribution in [3.63, 3.8) is 0 Å². The van der Waals surface area contributed by atoms with Crippen LogP contribution < -0.4 is 10.6 Å². The number of benzene rings is 2. The zero-order valence-corrected chi connectivity index (χ0v) is 11.4. The highest BCUT2D eigenvalue weighted by molar-refractivity contribution is 6.34. The molecule has 4 heteroatoms. The second-order valence-corrected chi connectivity index (χ2v) is 5.56. The maximum Gasteiger partial charge on any atom is 0.266 e. The highest BCUT2D eigenvalue weighted by atomic mass is 16.2. The third-order valence-electron chi connectivity index (χ3n) is 4.25. The van der Waals surface area contributed by atoms with Gasteiger partial charge in [-0.1, -0.05) is 6.07 Å². The molecule has 0 bridgehead atoms. The van der Waals surface area contributed by atoms with Crippen molar-refractivity contribution in [2.45, 2.75) is 19.3 Å². The number of imide groups is 1. The van der Waals surface area contributed by atoms with Crippen LogP contribution in [-0.2, 0) is 12.8 Å². The number of hydrogen-bond acceptors (Lipinski definition) is 3. The number of nitrogens with two attached hydrogens (primary N) is 1. The fourth-order valence-corrected chi connectivity index (χ4v) is 3.19.